The standard InChI is InChI=1S/C20H22F2N2O5S/c1-5-29-18-8-12(6-7-17(18)28-3)16(11-30(4,26)27)24-19-14(22)9-13(21)10-15(19)23(2)20(24)25/h6-10,16H,5,11H2,1-4H3. The number of sulfone groups is 1. The van der Waals surface area contributed by atoms with E-state index in [1.807, 2.05) is 0 Å². The molecule has 0 aliphatic heterocycles. The van der Waals surface area contributed by atoms with E-state index in [9.17, 15) is 22.0 Å². The largest absolute Gasteiger partial charge is 0.493 e. The molecule has 0 fully saturated rings. The first-order valence-corrected chi connectivity index (χ1v) is 11.2. The van der Waals surface area contributed by atoms with Crippen molar-refractivity contribution in [3.63, 3.8) is 0 Å². The van der Waals surface area contributed by atoms with Crippen molar-refractivity contribution in [2.75, 3.05) is 25.7 Å². The zero-order chi connectivity index (χ0) is 22.2. The summed E-state index contributed by atoms with van der Waals surface area (Å²) in [7, 11) is -0.760. The van der Waals surface area contributed by atoms with Crippen molar-refractivity contribution < 1.29 is 26.7 Å². The molecule has 1 aromatic heterocycles. The zero-order valence-corrected chi connectivity index (χ0v) is 17.8. The van der Waals surface area contributed by atoms with Crippen LogP contribution in [0.15, 0.2) is 35.1 Å². The quantitative estimate of drug-likeness (QED) is 0.564. The molecule has 1 atom stereocenters. The highest BCUT2D eigenvalue weighted by Crippen LogP contribution is 2.33. The molecule has 1 unspecified atom stereocenters. The molecule has 0 radical (unpaired) electrons. The van der Waals surface area contributed by atoms with Crippen molar-refractivity contribution in [1.82, 2.24) is 9.13 Å². The number of halogens is 2. The van der Waals surface area contributed by atoms with E-state index in [0.717, 1.165) is 21.5 Å². The van der Waals surface area contributed by atoms with E-state index in [1.165, 1.54) is 14.2 Å². The fraction of sp³-hybridized carbons (Fsp3) is 0.350. The Morgan fingerprint density at radius 1 is 1.13 bits per heavy atom. The van der Waals surface area contributed by atoms with Gasteiger partial charge in [-0.3, -0.25) is 9.13 Å². The minimum atomic E-state index is -3.60. The summed E-state index contributed by atoms with van der Waals surface area (Å²) in [5.41, 5.74) is -0.416. The molecule has 0 aliphatic carbocycles. The van der Waals surface area contributed by atoms with E-state index in [4.69, 9.17) is 9.47 Å². The van der Waals surface area contributed by atoms with Crippen LogP contribution in [0, 0.1) is 11.6 Å². The predicted molar refractivity (Wildman–Crippen MR) is 109 cm³/mol. The third-order valence-corrected chi connectivity index (χ3v) is 5.67. The number of hydrogen-bond donors (Lipinski definition) is 0. The van der Waals surface area contributed by atoms with E-state index in [2.05, 4.69) is 0 Å². The maximum absolute atomic E-state index is 14.7. The summed E-state index contributed by atoms with van der Waals surface area (Å²) >= 11 is 0. The normalized spacial score (nSPS) is 12.9. The maximum Gasteiger partial charge on any atom is 0.329 e. The van der Waals surface area contributed by atoms with Crippen LogP contribution in [-0.4, -0.2) is 43.3 Å². The molecule has 0 spiro atoms. The third-order valence-electron chi connectivity index (χ3n) is 4.75. The Hall–Kier alpha value is -2.88. The Balaban J connectivity index is 2.34. The maximum atomic E-state index is 14.7. The summed E-state index contributed by atoms with van der Waals surface area (Å²) < 4.78 is 65.8. The number of imidazole rings is 1. The van der Waals surface area contributed by atoms with E-state index >= 15 is 0 Å². The van der Waals surface area contributed by atoms with Crippen LogP contribution in [-0.2, 0) is 16.9 Å². The molecule has 162 valence electrons. The summed E-state index contributed by atoms with van der Waals surface area (Å²) in [6, 6.07) is 5.36. The minimum Gasteiger partial charge on any atom is -0.493 e. The van der Waals surface area contributed by atoms with Crippen molar-refractivity contribution in [1.29, 1.82) is 0 Å². The fourth-order valence-corrected chi connectivity index (χ4v) is 4.39. The number of rotatable bonds is 7. The van der Waals surface area contributed by atoms with Crippen LogP contribution >= 0.6 is 0 Å². The molecule has 0 bridgehead atoms. The Labute approximate surface area is 172 Å². The average Bonchev–Trinajstić information content (AvgIpc) is 2.91. The molecule has 0 saturated heterocycles. The van der Waals surface area contributed by atoms with E-state index in [1.54, 1.807) is 25.1 Å². The number of fused-ring (bicyclic) bond motifs is 1. The summed E-state index contributed by atoms with van der Waals surface area (Å²) in [6.45, 7) is 2.11. The lowest BCUT2D eigenvalue weighted by Crippen LogP contribution is -2.31. The number of ether oxygens (including phenoxy) is 2. The third kappa shape index (κ3) is 4.04. The Bertz CT molecular complexity index is 1260. The first-order valence-electron chi connectivity index (χ1n) is 9.11. The molecule has 0 amide bonds. The van der Waals surface area contributed by atoms with Crippen molar-refractivity contribution in [3.8, 4) is 11.5 Å². The van der Waals surface area contributed by atoms with Crippen LogP contribution in [0.2, 0.25) is 0 Å². The Morgan fingerprint density at radius 2 is 1.83 bits per heavy atom. The first-order chi connectivity index (χ1) is 14.1. The van der Waals surface area contributed by atoms with Crippen LogP contribution < -0.4 is 15.2 Å². The molecule has 0 N–H and O–H groups in total. The van der Waals surface area contributed by atoms with E-state index < -0.39 is 39.0 Å². The van der Waals surface area contributed by atoms with E-state index in [-0.39, 0.29) is 11.0 Å². The summed E-state index contributed by atoms with van der Waals surface area (Å²) in [4.78, 5) is 13.0. The van der Waals surface area contributed by atoms with Crippen molar-refractivity contribution in [2.24, 2.45) is 7.05 Å². The molecule has 2 aromatic carbocycles. The molecule has 3 aromatic rings. The number of aromatic nitrogens is 2. The number of hydrogen-bond acceptors (Lipinski definition) is 5. The summed E-state index contributed by atoms with van der Waals surface area (Å²) in [5.74, 6) is -1.48. The summed E-state index contributed by atoms with van der Waals surface area (Å²) in [5, 5.41) is 0. The van der Waals surface area contributed by atoms with Crippen molar-refractivity contribution in [3.05, 3.63) is 58.0 Å². The summed E-state index contributed by atoms with van der Waals surface area (Å²) in [6.07, 6.45) is 1.03. The van der Waals surface area contributed by atoms with Gasteiger partial charge >= 0.3 is 5.69 Å². The molecule has 10 heteroatoms. The lowest BCUT2D eigenvalue weighted by Gasteiger charge is -2.20. The van der Waals surface area contributed by atoms with Gasteiger partial charge in [-0.05, 0) is 24.6 Å². The zero-order valence-electron chi connectivity index (χ0n) is 17.0. The molecular formula is C20H22F2N2O5S. The number of benzene rings is 2. The van der Waals surface area contributed by atoms with Gasteiger partial charge in [-0.25, -0.2) is 22.0 Å². The monoisotopic (exact) mass is 440 g/mol. The van der Waals surface area contributed by atoms with Gasteiger partial charge in [0.05, 0.1) is 31.0 Å². The van der Waals surface area contributed by atoms with Crippen LogP contribution in [0.3, 0.4) is 0 Å². The van der Waals surface area contributed by atoms with Crippen molar-refractivity contribution in [2.45, 2.75) is 13.0 Å². The topological polar surface area (TPSA) is 79.5 Å². The fourth-order valence-electron chi connectivity index (χ4n) is 3.47. The molecule has 1 heterocycles. The minimum absolute atomic E-state index is 0.0227. The highest BCUT2D eigenvalue weighted by Gasteiger charge is 2.27. The van der Waals surface area contributed by atoms with Gasteiger partial charge in [0.1, 0.15) is 21.2 Å². The highest BCUT2D eigenvalue weighted by atomic mass is 32.2. The average molecular weight is 440 g/mol. The van der Waals surface area contributed by atoms with Gasteiger partial charge in [0, 0.05) is 25.4 Å². The molecule has 7 nitrogen and oxygen atoms in total. The van der Waals surface area contributed by atoms with Gasteiger partial charge in [-0.1, -0.05) is 6.07 Å². The number of aryl methyl sites for hydroxylation is 1. The second-order valence-corrected chi connectivity index (χ2v) is 9.10. The second-order valence-electron chi connectivity index (χ2n) is 6.92. The van der Waals surface area contributed by atoms with Crippen LogP contribution in [0.4, 0.5) is 8.78 Å². The number of methoxy groups -OCH3 is 1. The lowest BCUT2D eigenvalue weighted by atomic mass is 10.1. The first kappa shape index (κ1) is 21.8. The van der Waals surface area contributed by atoms with Gasteiger partial charge < -0.3 is 9.47 Å². The molecule has 0 saturated carbocycles. The van der Waals surface area contributed by atoms with Gasteiger partial charge in [-0.15, -0.1) is 0 Å². The molecular weight excluding hydrogens is 418 g/mol. The second kappa shape index (κ2) is 8.10. The molecule has 30 heavy (non-hydrogen) atoms. The van der Waals surface area contributed by atoms with Gasteiger partial charge in [-0.2, -0.15) is 0 Å². The Morgan fingerprint density at radius 3 is 2.43 bits per heavy atom. The van der Waals surface area contributed by atoms with Gasteiger partial charge in [0.25, 0.3) is 0 Å². The molecule has 0 aliphatic rings. The smallest absolute Gasteiger partial charge is 0.329 e. The SMILES string of the molecule is CCOc1cc(C(CS(C)(=O)=O)n2c(=O)n(C)c3cc(F)cc(F)c32)ccc1OC. The van der Waals surface area contributed by atoms with Crippen LogP contribution in [0.1, 0.15) is 18.5 Å². The van der Waals surface area contributed by atoms with Gasteiger partial charge in [0.15, 0.2) is 17.3 Å². The van der Waals surface area contributed by atoms with Crippen LogP contribution in [0.5, 0.6) is 11.5 Å². The number of nitrogens with zero attached hydrogens (tertiary/aromatic N) is 2. The lowest BCUT2D eigenvalue weighted by molar-refractivity contribution is 0.310. The highest BCUT2D eigenvalue weighted by molar-refractivity contribution is 7.90. The van der Waals surface area contributed by atoms with Gasteiger partial charge in [0.2, 0.25) is 0 Å². The van der Waals surface area contributed by atoms with Crippen molar-refractivity contribution >= 4 is 20.9 Å². The van der Waals surface area contributed by atoms with E-state index in [0.29, 0.717) is 29.7 Å². The predicted octanol–water partition coefficient (Wildman–Crippen LogP) is 2.66. The Kier molecular flexibility index (Phi) is 5.89. The van der Waals surface area contributed by atoms with Crippen LogP contribution in [0.25, 0.3) is 11.0 Å². The molecule has 3 rings (SSSR count).